The van der Waals surface area contributed by atoms with Crippen molar-refractivity contribution in [1.82, 2.24) is 45.6 Å². The van der Waals surface area contributed by atoms with Gasteiger partial charge >= 0.3 is 20.4 Å². The largest absolute Gasteiger partial charge is 0.674 e. The van der Waals surface area contributed by atoms with Crippen LogP contribution in [0.25, 0.3) is 22.3 Å². The summed E-state index contributed by atoms with van der Waals surface area (Å²) in [6.45, 7) is 1.03. The highest BCUT2D eigenvalue weighted by Gasteiger charge is 2.48. The molecule has 49 heavy (non-hydrogen) atoms. The first-order valence-corrected chi connectivity index (χ1v) is 13.9. The van der Waals surface area contributed by atoms with Crippen LogP contribution >= 0.6 is 8.25 Å². The van der Waals surface area contributed by atoms with Crippen LogP contribution in [0.1, 0.15) is 26.0 Å². The number of aliphatic hydroxyl groups is 4. The third kappa shape index (κ3) is 9.71. The fraction of sp³-hybridized carbons (Fsp3) is 0.417. The Bertz CT molecular complexity index is 1810. The van der Waals surface area contributed by atoms with Crippen LogP contribution in [0.3, 0.4) is 0 Å². The number of quaternary nitrogens is 1. The molecule has 2 aliphatic heterocycles. The van der Waals surface area contributed by atoms with Crippen LogP contribution in [-0.2, 0) is 18.7 Å². The highest BCUT2D eigenvalue weighted by molar-refractivity contribution is 7.30. The van der Waals surface area contributed by atoms with E-state index >= 15 is 0 Å². The first kappa shape index (κ1) is 42.4. The molecular formula is C24H32F2N11O11P. The second-order valence-electron chi connectivity index (χ2n) is 9.57. The van der Waals surface area contributed by atoms with E-state index in [1.165, 1.54) is 17.2 Å². The van der Waals surface area contributed by atoms with Gasteiger partial charge in [-0.2, -0.15) is 28.7 Å². The molecule has 6 rings (SSSR count). The molecule has 2 fully saturated rings. The van der Waals surface area contributed by atoms with E-state index in [9.17, 15) is 24.1 Å². The molecule has 0 spiro atoms. The molecule has 0 aromatic carbocycles. The normalized spacial score (nSPS) is 25.5. The van der Waals surface area contributed by atoms with E-state index in [4.69, 9.17) is 53.6 Å². The summed E-state index contributed by atoms with van der Waals surface area (Å²) < 4.78 is 48.9. The van der Waals surface area contributed by atoms with Crippen LogP contribution in [0.4, 0.5) is 20.4 Å². The molecule has 15 N–H and O–H groups in total. The number of rotatable bonds is 3. The summed E-state index contributed by atoms with van der Waals surface area (Å²) in [5, 5.41) is 46.0. The fourth-order valence-corrected chi connectivity index (χ4v) is 4.14. The number of nitrogens with zero attached hydrogens (tertiary/aromatic N) is 7. The number of fused-ring (bicyclic) bond motifs is 2. The van der Waals surface area contributed by atoms with Crippen LogP contribution < -0.4 is 27.8 Å². The van der Waals surface area contributed by atoms with Gasteiger partial charge in [0.25, 0.3) is 0 Å². The van der Waals surface area contributed by atoms with Crippen molar-refractivity contribution in [3.63, 3.8) is 0 Å². The number of H-pyrrole nitrogens is 1. The van der Waals surface area contributed by atoms with Crippen LogP contribution in [0.2, 0.25) is 0 Å². The van der Waals surface area contributed by atoms with Gasteiger partial charge in [0.2, 0.25) is 0 Å². The number of aliphatic hydroxyl groups excluding tert-OH is 4. The van der Waals surface area contributed by atoms with Crippen LogP contribution in [0.5, 0.6) is 0 Å². The van der Waals surface area contributed by atoms with Gasteiger partial charge in [-0.3, -0.25) is 4.57 Å². The molecule has 22 nitrogen and oxygen atoms in total. The fourth-order valence-electron chi connectivity index (χ4n) is 4.14. The molecule has 0 bridgehead atoms. The Hall–Kier alpha value is -4.66. The number of anilines is 2. The smallest absolute Gasteiger partial charge is 0.479 e. The third-order valence-electron chi connectivity index (χ3n) is 6.60. The second-order valence-corrected chi connectivity index (χ2v) is 10.2. The Balaban J connectivity index is 0.000000364. The second kappa shape index (κ2) is 17.7. The number of halogens is 2. The number of nitrogens with one attached hydrogen (secondary N) is 1. The Morgan fingerprint density at radius 2 is 1.71 bits per heavy atom. The molecular weight excluding hydrogens is 687 g/mol. The first-order chi connectivity index (χ1) is 22.1. The molecule has 4 aromatic heterocycles. The summed E-state index contributed by atoms with van der Waals surface area (Å²) in [7, 11) is -3.15. The van der Waals surface area contributed by atoms with E-state index < -0.39 is 62.9 Å². The summed E-state index contributed by atoms with van der Waals surface area (Å²) in [5.41, 5.74) is 9.47. The van der Waals surface area contributed by atoms with Gasteiger partial charge in [-0.05, 0) is 11.5 Å². The van der Waals surface area contributed by atoms with E-state index in [0.29, 0.717) is 5.52 Å². The van der Waals surface area contributed by atoms with Crippen LogP contribution in [0, 0.1) is 36.8 Å². The van der Waals surface area contributed by atoms with Gasteiger partial charge in [0.05, 0.1) is 25.4 Å². The van der Waals surface area contributed by atoms with Crippen LogP contribution in [0.15, 0.2) is 12.7 Å². The standard InChI is InChI=1S/C12H12FN5O3.C7H10O3.C5H4FN5.H3N.HO4P.H2O/c1-2-12(4-19)6(20)3-7(21-12)18-5-15-8-9(14)16-11(13)17-10(8)18;1-3-7(2)5(8)4-6(9)10-7;6-5-10-3(7)2-4(11-5)9-1-8-2;;1-4-5(2)3;/h1,5-7,19-20H,3-4H2,(H2,14,16,17);1,5-6,8-9H,4H2,2H3;1H,(H3,7,8,9,10,11);1H3;1H;1H2/t6-,7+,12+;5-,6?,7-;;;;/m00..../s1. The maximum atomic E-state index is 13.3. The third-order valence-corrected chi connectivity index (χ3v) is 6.72. The van der Waals surface area contributed by atoms with Gasteiger partial charge in [-0.1, -0.05) is 11.8 Å². The number of nitrogen functional groups attached to an aromatic ring is 2. The van der Waals surface area contributed by atoms with E-state index in [2.05, 4.69) is 51.4 Å². The predicted molar refractivity (Wildman–Crippen MR) is 158 cm³/mol. The van der Waals surface area contributed by atoms with Gasteiger partial charge < -0.3 is 68.1 Å². The molecule has 2 aliphatic rings. The topological polar surface area (TPSA) is 390 Å². The molecule has 25 heteroatoms. The lowest BCUT2D eigenvalue weighted by molar-refractivity contribution is -0.644. The van der Waals surface area contributed by atoms with E-state index in [0.717, 1.165) is 0 Å². The van der Waals surface area contributed by atoms with Crippen molar-refractivity contribution in [1.29, 1.82) is 0 Å². The Morgan fingerprint density at radius 1 is 1.10 bits per heavy atom. The van der Waals surface area contributed by atoms with Gasteiger partial charge in [0.1, 0.15) is 17.8 Å². The average Bonchev–Trinajstić information content (AvgIpc) is 3.79. The lowest BCUT2D eigenvalue weighted by Crippen LogP contribution is -2.41. The highest BCUT2D eigenvalue weighted by Crippen LogP contribution is 2.37. The van der Waals surface area contributed by atoms with Crippen molar-refractivity contribution in [3.8, 4) is 24.7 Å². The Morgan fingerprint density at radius 3 is 2.20 bits per heavy atom. The van der Waals surface area contributed by atoms with Crippen molar-refractivity contribution >= 4 is 42.2 Å². The average molecular weight is 720 g/mol. The molecule has 268 valence electrons. The maximum absolute atomic E-state index is 13.3. The van der Waals surface area contributed by atoms with Gasteiger partial charge in [-0.15, -0.1) is 12.8 Å². The van der Waals surface area contributed by atoms with Gasteiger partial charge in [-0.25, -0.2) is 14.6 Å². The lowest BCUT2D eigenvalue weighted by atomic mass is 9.99. The number of imidazole rings is 2. The maximum Gasteiger partial charge on any atom is 0.479 e. The molecule has 0 aliphatic carbocycles. The molecule has 0 amide bonds. The molecule has 2 saturated heterocycles. The summed E-state index contributed by atoms with van der Waals surface area (Å²) in [5.74, 6) is 4.52. The monoisotopic (exact) mass is 719 g/mol. The summed E-state index contributed by atoms with van der Waals surface area (Å²) in [6, 6.07) is 0. The van der Waals surface area contributed by atoms with Crippen molar-refractivity contribution in [2.45, 2.75) is 55.7 Å². The molecule has 0 radical (unpaired) electrons. The zero-order chi connectivity index (χ0) is 35.1. The number of ether oxygens (including phenoxy) is 2. The number of terminal acetylenes is 2. The van der Waals surface area contributed by atoms with Crippen molar-refractivity contribution in [3.05, 3.63) is 24.8 Å². The van der Waals surface area contributed by atoms with Crippen molar-refractivity contribution in [2.75, 3.05) is 18.1 Å². The minimum Gasteiger partial charge on any atom is -0.674 e. The Labute approximate surface area is 274 Å². The van der Waals surface area contributed by atoms with Crippen molar-refractivity contribution in [2.24, 2.45) is 0 Å². The van der Waals surface area contributed by atoms with Crippen molar-refractivity contribution < 1.29 is 63.5 Å². The van der Waals surface area contributed by atoms with Gasteiger partial charge in [0.15, 0.2) is 45.9 Å². The molecule has 2 unspecified atom stereocenters. The zero-order valence-electron chi connectivity index (χ0n) is 25.5. The summed E-state index contributed by atoms with van der Waals surface area (Å²) in [6.07, 6.45) is 8.07. The molecule has 4 aromatic rings. The van der Waals surface area contributed by atoms with E-state index in [-0.39, 0.29) is 52.9 Å². The number of nitrogens with two attached hydrogens (primary N) is 2. The minimum atomic E-state index is -3.15. The van der Waals surface area contributed by atoms with Crippen LogP contribution in [-0.4, -0.2) is 102 Å². The summed E-state index contributed by atoms with van der Waals surface area (Å²) >= 11 is 0. The minimum absolute atomic E-state index is 0. The molecule has 0 saturated carbocycles. The number of hydrogen-bond donors (Lipinski definition) is 8. The lowest BCUT2D eigenvalue weighted by Gasteiger charge is -2.23. The molecule has 6 heterocycles. The quantitative estimate of drug-likeness (QED) is 0.0336. The van der Waals surface area contributed by atoms with E-state index in [1.807, 2.05) is 0 Å². The number of aromatic nitrogens is 8. The summed E-state index contributed by atoms with van der Waals surface area (Å²) in [4.78, 5) is 33.0. The van der Waals surface area contributed by atoms with Gasteiger partial charge in [0, 0.05) is 12.8 Å². The number of hydrogen-bond acceptors (Lipinski definition) is 18. The SMILES string of the molecule is C#C[C@]1(C)OC(O)C[C@@H]1O.C#C[C@]1(CO)O[C@@H](n2cnc3c(N)nc(F)nc32)C[C@@H]1O.Nc1nc(F)nc2nc[nH]c12.O.O=[P+]([O-])O[O-].[NH4+]. The molecule has 7 atom stereocenters. The zero-order valence-corrected chi connectivity index (χ0v) is 26.4. The Kier molecular flexibility index (Phi) is 15.3. The number of aromatic amines is 1. The highest BCUT2D eigenvalue weighted by atomic mass is 31.1. The predicted octanol–water partition coefficient (Wildman–Crippen LogP) is -3.41. The van der Waals surface area contributed by atoms with E-state index in [1.54, 1.807) is 6.92 Å². The first-order valence-electron chi connectivity index (χ1n) is 12.8.